The van der Waals surface area contributed by atoms with Crippen molar-refractivity contribution in [2.45, 2.75) is 31.6 Å². The maximum absolute atomic E-state index is 11.4. The van der Waals surface area contributed by atoms with E-state index >= 15 is 0 Å². The lowest BCUT2D eigenvalue weighted by Gasteiger charge is -2.12. The molecule has 0 saturated heterocycles. The summed E-state index contributed by atoms with van der Waals surface area (Å²) in [5, 5.41) is 11.0. The van der Waals surface area contributed by atoms with E-state index in [1.54, 1.807) is 6.92 Å². The Hall–Kier alpha value is -0.750. The summed E-state index contributed by atoms with van der Waals surface area (Å²) in [4.78, 5) is 21.8. The summed E-state index contributed by atoms with van der Waals surface area (Å²) in [5.74, 6) is -0.862. The van der Waals surface area contributed by atoms with Crippen molar-refractivity contribution in [2.24, 2.45) is 5.73 Å². The average Bonchev–Trinajstić information content (AvgIpc) is 2.21. The first-order valence-electron chi connectivity index (χ1n) is 4.86. The Labute approximate surface area is 93.8 Å². The van der Waals surface area contributed by atoms with Gasteiger partial charge in [0, 0.05) is 12.3 Å². The van der Waals surface area contributed by atoms with Crippen molar-refractivity contribution in [3.63, 3.8) is 0 Å². The molecule has 0 aliphatic rings. The second-order valence-electron chi connectivity index (χ2n) is 3.21. The Bertz CT molecular complexity index is 223. The van der Waals surface area contributed by atoms with Crippen molar-refractivity contribution >= 4 is 23.6 Å². The van der Waals surface area contributed by atoms with Crippen molar-refractivity contribution in [3.8, 4) is 0 Å². The number of amides is 1. The molecule has 0 fully saturated rings. The van der Waals surface area contributed by atoms with E-state index in [0.717, 1.165) is 6.42 Å². The molecule has 0 heterocycles. The number of hydrogen-bond donors (Lipinski definition) is 3. The van der Waals surface area contributed by atoms with Crippen LogP contribution in [-0.4, -0.2) is 40.6 Å². The number of carboxylic acid groups (broad SMARTS) is 1. The number of aliphatic carboxylic acids is 1. The highest BCUT2D eigenvalue weighted by molar-refractivity contribution is 8.00. The maximum atomic E-state index is 11.4. The van der Waals surface area contributed by atoms with Crippen molar-refractivity contribution in [2.75, 3.05) is 12.3 Å². The van der Waals surface area contributed by atoms with Gasteiger partial charge in [0.1, 0.15) is 6.04 Å². The lowest BCUT2D eigenvalue weighted by molar-refractivity contribution is -0.138. The molecule has 88 valence electrons. The maximum Gasteiger partial charge on any atom is 0.321 e. The average molecular weight is 234 g/mol. The van der Waals surface area contributed by atoms with E-state index in [1.807, 2.05) is 6.92 Å². The molecular weight excluding hydrogens is 216 g/mol. The van der Waals surface area contributed by atoms with Crippen LogP contribution in [0, 0.1) is 0 Å². The highest BCUT2D eigenvalue weighted by Gasteiger charge is 2.17. The van der Waals surface area contributed by atoms with Gasteiger partial charge in [0.05, 0.1) is 5.25 Å². The second-order valence-corrected chi connectivity index (χ2v) is 4.59. The molecule has 0 bridgehead atoms. The van der Waals surface area contributed by atoms with Gasteiger partial charge < -0.3 is 16.2 Å². The van der Waals surface area contributed by atoms with Gasteiger partial charge >= 0.3 is 5.97 Å². The Morgan fingerprint density at radius 1 is 1.53 bits per heavy atom. The van der Waals surface area contributed by atoms with Crippen LogP contribution in [0.5, 0.6) is 0 Å². The fraction of sp³-hybridized carbons (Fsp3) is 0.778. The number of nitrogens with two attached hydrogens (primary N) is 1. The van der Waals surface area contributed by atoms with Gasteiger partial charge in [-0.05, 0) is 13.3 Å². The van der Waals surface area contributed by atoms with Crippen molar-refractivity contribution in [3.05, 3.63) is 0 Å². The third kappa shape index (κ3) is 6.35. The monoisotopic (exact) mass is 234 g/mol. The zero-order chi connectivity index (χ0) is 11.8. The third-order valence-corrected chi connectivity index (χ3v) is 3.03. The number of carbonyl (C=O) groups is 2. The van der Waals surface area contributed by atoms with E-state index < -0.39 is 12.0 Å². The quantitative estimate of drug-likeness (QED) is 0.578. The molecule has 0 spiro atoms. The lowest BCUT2D eigenvalue weighted by atomic mass is 10.4. The van der Waals surface area contributed by atoms with E-state index in [0.29, 0.717) is 6.54 Å². The number of nitrogens with one attached hydrogen (secondary N) is 1. The summed E-state index contributed by atoms with van der Waals surface area (Å²) in [6.45, 7) is 4.36. The molecule has 2 atom stereocenters. The summed E-state index contributed by atoms with van der Waals surface area (Å²) >= 11 is 1.25. The van der Waals surface area contributed by atoms with Crippen LogP contribution in [0.2, 0.25) is 0 Å². The molecule has 1 amide bonds. The SMILES string of the molecule is CCCNC(=O)C(C)SC[C@H](N)C(=O)O. The summed E-state index contributed by atoms with van der Waals surface area (Å²) in [7, 11) is 0. The molecule has 0 aliphatic heterocycles. The van der Waals surface area contributed by atoms with Gasteiger partial charge in [-0.15, -0.1) is 11.8 Å². The molecule has 15 heavy (non-hydrogen) atoms. The standard InChI is InChI=1S/C9H18N2O3S/c1-3-4-11-8(12)6(2)15-5-7(10)9(13)14/h6-7H,3-5,10H2,1-2H3,(H,11,12)(H,13,14)/t6?,7-/m0/s1. The Morgan fingerprint density at radius 2 is 2.13 bits per heavy atom. The second kappa shape index (κ2) is 7.53. The highest BCUT2D eigenvalue weighted by Crippen LogP contribution is 2.11. The molecule has 0 saturated carbocycles. The molecule has 0 aliphatic carbocycles. The lowest BCUT2D eigenvalue weighted by Crippen LogP contribution is -2.36. The summed E-state index contributed by atoms with van der Waals surface area (Å²) in [5.41, 5.74) is 5.31. The first kappa shape index (κ1) is 14.2. The number of thioether (sulfide) groups is 1. The fourth-order valence-corrected chi connectivity index (χ4v) is 1.66. The van der Waals surface area contributed by atoms with E-state index in [-0.39, 0.29) is 16.9 Å². The van der Waals surface area contributed by atoms with Crippen molar-refractivity contribution in [1.82, 2.24) is 5.32 Å². The molecule has 0 rings (SSSR count). The van der Waals surface area contributed by atoms with Crippen LogP contribution >= 0.6 is 11.8 Å². The van der Waals surface area contributed by atoms with E-state index in [9.17, 15) is 9.59 Å². The van der Waals surface area contributed by atoms with Crippen LogP contribution in [0.1, 0.15) is 20.3 Å². The fourth-order valence-electron chi connectivity index (χ4n) is 0.787. The van der Waals surface area contributed by atoms with Gasteiger partial charge in [-0.25, -0.2) is 0 Å². The molecule has 0 aromatic carbocycles. The Kier molecular flexibility index (Phi) is 7.15. The minimum Gasteiger partial charge on any atom is -0.480 e. The van der Waals surface area contributed by atoms with Crippen LogP contribution in [-0.2, 0) is 9.59 Å². The van der Waals surface area contributed by atoms with E-state index in [2.05, 4.69) is 5.32 Å². The van der Waals surface area contributed by atoms with Crippen LogP contribution in [0.25, 0.3) is 0 Å². The molecule has 0 aromatic heterocycles. The van der Waals surface area contributed by atoms with Gasteiger partial charge in [0.25, 0.3) is 0 Å². The first-order chi connectivity index (χ1) is 6.99. The van der Waals surface area contributed by atoms with E-state index in [4.69, 9.17) is 10.8 Å². The normalized spacial score (nSPS) is 14.3. The third-order valence-electron chi connectivity index (χ3n) is 1.76. The van der Waals surface area contributed by atoms with Gasteiger partial charge in [0.2, 0.25) is 5.91 Å². The summed E-state index contributed by atoms with van der Waals surface area (Å²) in [6.07, 6.45) is 0.887. The number of carbonyl (C=O) groups excluding carboxylic acids is 1. The highest BCUT2D eigenvalue weighted by atomic mass is 32.2. The van der Waals surface area contributed by atoms with Gasteiger partial charge in [-0.3, -0.25) is 9.59 Å². The summed E-state index contributed by atoms with van der Waals surface area (Å²) < 4.78 is 0. The van der Waals surface area contributed by atoms with Crippen LogP contribution in [0.3, 0.4) is 0 Å². The topological polar surface area (TPSA) is 92.4 Å². The molecular formula is C9H18N2O3S. The van der Waals surface area contributed by atoms with Crippen LogP contribution in [0.15, 0.2) is 0 Å². The molecule has 0 radical (unpaired) electrons. The largest absolute Gasteiger partial charge is 0.480 e. The van der Waals surface area contributed by atoms with Crippen LogP contribution < -0.4 is 11.1 Å². The van der Waals surface area contributed by atoms with Crippen molar-refractivity contribution < 1.29 is 14.7 Å². The number of carboxylic acids is 1. The number of rotatable bonds is 7. The van der Waals surface area contributed by atoms with Gasteiger partial charge in [-0.1, -0.05) is 6.92 Å². The Balaban J connectivity index is 3.77. The van der Waals surface area contributed by atoms with Gasteiger partial charge in [0.15, 0.2) is 0 Å². The van der Waals surface area contributed by atoms with Gasteiger partial charge in [-0.2, -0.15) is 0 Å². The molecule has 1 unspecified atom stereocenters. The smallest absolute Gasteiger partial charge is 0.321 e. The molecule has 4 N–H and O–H groups in total. The minimum atomic E-state index is -1.04. The van der Waals surface area contributed by atoms with E-state index in [1.165, 1.54) is 11.8 Å². The summed E-state index contributed by atoms with van der Waals surface area (Å²) in [6, 6.07) is -0.906. The molecule has 5 nitrogen and oxygen atoms in total. The van der Waals surface area contributed by atoms with Crippen molar-refractivity contribution in [1.29, 1.82) is 0 Å². The number of hydrogen-bond acceptors (Lipinski definition) is 4. The van der Waals surface area contributed by atoms with Crippen LogP contribution in [0.4, 0.5) is 0 Å². The molecule has 0 aromatic rings. The minimum absolute atomic E-state index is 0.0700. The molecule has 6 heteroatoms. The first-order valence-corrected chi connectivity index (χ1v) is 5.91. The Morgan fingerprint density at radius 3 is 2.60 bits per heavy atom. The zero-order valence-corrected chi connectivity index (χ0v) is 9.84. The predicted molar refractivity (Wildman–Crippen MR) is 60.8 cm³/mol. The predicted octanol–water partition coefficient (Wildman–Crippen LogP) is 0.0462. The zero-order valence-electron chi connectivity index (χ0n) is 9.03.